The first-order valence-corrected chi connectivity index (χ1v) is 10.3. The predicted octanol–water partition coefficient (Wildman–Crippen LogP) is 4.73. The van der Waals surface area contributed by atoms with Crippen LogP contribution < -0.4 is 4.90 Å². The summed E-state index contributed by atoms with van der Waals surface area (Å²) in [5, 5.41) is 4.48. The Balaban J connectivity index is 1.45. The number of fused-ring (bicyclic) bond motifs is 3. The lowest BCUT2D eigenvalue weighted by Gasteiger charge is -2.20. The summed E-state index contributed by atoms with van der Waals surface area (Å²) >= 11 is 6.15. The van der Waals surface area contributed by atoms with E-state index in [1.54, 1.807) is 29.0 Å². The van der Waals surface area contributed by atoms with E-state index in [2.05, 4.69) is 10.1 Å². The van der Waals surface area contributed by atoms with E-state index in [4.69, 9.17) is 11.6 Å². The second kappa shape index (κ2) is 5.97. The summed E-state index contributed by atoms with van der Waals surface area (Å²) in [5.74, 6) is -1.47. The molecule has 2 fully saturated rings. The van der Waals surface area contributed by atoms with Crippen LogP contribution in [-0.2, 0) is 10.2 Å². The molecule has 2 saturated carbocycles. The topological polar surface area (TPSA) is 50.5 Å². The number of aromatic nitrogens is 3. The Morgan fingerprint density at radius 1 is 1.19 bits per heavy atom. The van der Waals surface area contributed by atoms with Gasteiger partial charge in [-0.15, -0.1) is 0 Å². The lowest BCUT2D eigenvalue weighted by Crippen LogP contribution is -2.39. The number of amides is 1. The van der Waals surface area contributed by atoms with Crippen LogP contribution in [0.1, 0.15) is 47.8 Å². The number of imidazole rings is 1. The molecule has 2 aliphatic carbocycles. The molecule has 10 heteroatoms. The van der Waals surface area contributed by atoms with Crippen LogP contribution in [-0.4, -0.2) is 33.2 Å². The van der Waals surface area contributed by atoms with Crippen molar-refractivity contribution in [1.82, 2.24) is 14.6 Å². The third-order valence-corrected chi connectivity index (χ3v) is 6.78. The van der Waals surface area contributed by atoms with E-state index in [1.807, 2.05) is 0 Å². The highest BCUT2D eigenvalue weighted by Crippen LogP contribution is 2.65. The maximum atomic E-state index is 14.8. The van der Waals surface area contributed by atoms with Crippen molar-refractivity contribution in [3.8, 4) is 0 Å². The maximum Gasteiger partial charge on any atom is 0.406 e. The van der Waals surface area contributed by atoms with Crippen molar-refractivity contribution in [2.45, 2.75) is 42.7 Å². The number of alkyl halides is 3. The Hall–Kier alpha value is -2.68. The monoisotopic (exact) mass is 450 g/mol. The minimum Gasteiger partial charge on any atom is -0.299 e. The Bertz CT molecular complexity index is 1270. The largest absolute Gasteiger partial charge is 0.406 e. The number of carbonyl (C=O) groups is 1. The van der Waals surface area contributed by atoms with E-state index < -0.39 is 29.9 Å². The molecule has 160 valence electrons. The average Bonchev–Trinajstić information content (AvgIpc) is 3.59. The van der Waals surface area contributed by atoms with E-state index in [9.17, 15) is 22.4 Å². The zero-order chi connectivity index (χ0) is 21.7. The zero-order valence-corrected chi connectivity index (χ0v) is 16.7. The summed E-state index contributed by atoms with van der Waals surface area (Å²) in [6.45, 7) is -1.48. The van der Waals surface area contributed by atoms with Crippen molar-refractivity contribution in [1.29, 1.82) is 0 Å². The molecule has 1 aromatic carbocycles. The first-order valence-electron chi connectivity index (χ1n) is 9.91. The van der Waals surface area contributed by atoms with Crippen LogP contribution in [0.2, 0.25) is 5.15 Å². The van der Waals surface area contributed by atoms with Gasteiger partial charge in [0.05, 0.1) is 11.1 Å². The van der Waals surface area contributed by atoms with Crippen LogP contribution in [0.25, 0.3) is 5.65 Å². The summed E-state index contributed by atoms with van der Waals surface area (Å²) in [5.41, 5.74) is 1.50. The number of carbonyl (C=O) groups excluding carboxylic acids is 1. The fourth-order valence-corrected chi connectivity index (χ4v) is 5.31. The summed E-state index contributed by atoms with van der Waals surface area (Å²) in [7, 11) is 0. The highest BCUT2D eigenvalue weighted by Gasteiger charge is 2.63. The van der Waals surface area contributed by atoms with Crippen molar-refractivity contribution in [3.05, 3.63) is 58.3 Å². The van der Waals surface area contributed by atoms with Crippen molar-refractivity contribution in [3.63, 3.8) is 0 Å². The molecule has 3 heterocycles. The smallest absolute Gasteiger partial charge is 0.299 e. The number of halogens is 5. The molecule has 2 atom stereocenters. The van der Waals surface area contributed by atoms with Crippen LogP contribution in [0.4, 0.5) is 23.2 Å². The van der Waals surface area contributed by atoms with E-state index in [0.717, 1.165) is 11.1 Å². The fraction of sp³-hybridized carbons (Fsp3) is 0.381. The number of hydrogen-bond acceptors (Lipinski definition) is 3. The molecule has 0 bridgehead atoms. The van der Waals surface area contributed by atoms with Gasteiger partial charge in [0.1, 0.15) is 17.5 Å². The molecule has 3 aliphatic rings. The van der Waals surface area contributed by atoms with Crippen LogP contribution in [0, 0.1) is 5.82 Å². The quantitative estimate of drug-likeness (QED) is 0.542. The molecular weight excluding hydrogens is 436 g/mol. The SMILES string of the molecule is O=C1N(CC(F)(F)F)c2c(F)ccc([C@H]3C[C@@H]3c3cc(Cl)nn4ccnc34)c2C12CC2. The number of hydrogen-bond donors (Lipinski definition) is 0. The predicted molar refractivity (Wildman–Crippen MR) is 104 cm³/mol. The summed E-state index contributed by atoms with van der Waals surface area (Å²) in [6.07, 6.45) is 0.272. The third-order valence-electron chi connectivity index (χ3n) is 6.60. The van der Waals surface area contributed by atoms with Crippen molar-refractivity contribution < 1.29 is 22.4 Å². The first-order chi connectivity index (χ1) is 14.7. The second-order valence-corrected chi connectivity index (χ2v) is 8.90. The van der Waals surface area contributed by atoms with Gasteiger partial charge in [-0.1, -0.05) is 17.7 Å². The van der Waals surface area contributed by atoms with Crippen LogP contribution in [0.5, 0.6) is 0 Å². The minimum absolute atomic E-state index is 0.0162. The molecular formula is C21H15ClF4N4O. The molecule has 0 saturated heterocycles. The molecule has 6 rings (SSSR count). The Kier molecular flexibility index (Phi) is 3.66. The van der Waals surface area contributed by atoms with Crippen molar-refractivity contribution >= 4 is 28.8 Å². The third kappa shape index (κ3) is 2.71. The van der Waals surface area contributed by atoms with Crippen LogP contribution in [0.3, 0.4) is 0 Å². The Labute approximate surface area is 178 Å². The molecule has 0 N–H and O–H groups in total. The second-order valence-electron chi connectivity index (χ2n) is 8.52. The van der Waals surface area contributed by atoms with Gasteiger partial charge in [0.25, 0.3) is 0 Å². The van der Waals surface area contributed by atoms with Gasteiger partial charge in [-0.25, -0.2) is 13.9 Å². The van der Waals surface area contributed by atoms with Gasteiger partial charge in [-0.05, 0) is 54.4 Å². The molecule has 2 aromatic heterocycles. The van der Waals surface area contributed by atoms with Crippen molar-refractivity contribution in [2.75, 3.05) is 11.4 Å². The van der Waals surface area contributed by atoms with E-state index in [1.165, 1.54) is 6.07 Å². The van der Waals surface area contributed by atoms with E-state index in [-0.39, 0.29) is 17.5 Å². The first kappa shape index (κ1) is 19.0. The van der Waals surface area contributed by atoms with Gasteiger partial charge in [0.2, 0.25) is 5.91 Å². The molecule has 1 amide bonds. The van der Waals surface area contributed by atoms with Crippen LogP contribution >= 0.6 is 11.6 Å². The highest BCUT2D eigenvalue weighted by atomic mass is 35.5. The molecule has 0 radical (unpaired) electrons. The fourth-order valence-electron chi connectivity index (χ4n) is 5.11. The standard InChI is InChI=1S/C21H15ClF4N4O/c22-15-8-13(18-27-5-6-30(18)28-15)12-7-11(12)10-1-2-14(23)17-16(10)20(3-4-20)19(31)29(17)9-21(24,25)26/h1-2,5-6,8,11-12H,3-4,7,9H2/t11-,12+/m1/s1. The van der Waals surface area contributed by atoms with Gasteiger partial charge < -0.3 is 0 Å². The highest BCUT2D eigenvalue weighted by molar-refractivity contribution is 6.29. The maximum absolute atomic E-state index is 14.8. The number of benzene rings is 1. The number of rotatable bonds is 3. The van der Waals surface area contributed by atoms with Crippen molar-refractivity contribution in [2.24, 2.45) is 0 Å². The van der Waals surface area contributed by atoms with Gasteiger partial charge in [-0.3, -0.25) is 9.69 Å². The number of nitrogens with zero attached hydrogens (tertiary/aromatic N) is 4. The molecule has 1 spiro atoms. The Morgan fingerprint density at radius 3 is 2.65 bits per heavy atom. The lowest BCUT2D eigenvalue weighted by molar-refractivity contribution is -0.133. The minimum atomic E-state index is -4.61. The molecule has 3 aromatic rings. The molecule has 1 aliphatic heterocycles. The summed E-state index contributed by atoms with van der Waals surface area (Å²) < 4.78 is 55.8. The Morgan fingerprint density at radius 2 is 1.94 bits per heavy atom. The van der Waals surface area contributed by atoms with E-state index in [0.29, 0.717) is 40.5 Å². The average molecular weight is 451 g/mol. The lowest BCUT2D eigenvalue weighted by atomic mass is 9.89. The normalized spacial score (nSPS) is 23.6. The zero-order valence-electron chi connectivity index (χ0n) is 16.0. The molecule has 31 heavy (non-hydrogen) atoms. The summed E-state index contributed by atoms with van der Waals surface area (Å²) in [4.78, 5) is 17.9. The van der Waals surface area contributed by atoms with Gasteiger partial charge in [-0.2, -0.15) is 18.3 Å². The summed E-state index contributed by atoms with van der Waals surface area (Å²) in [6, 6.07) is 4.54. The van der Waals surface area contributed by atoms with Gasteiger partial charge in [0, 0.05) is 18.0 Å². The molecule has 0 unspecified atom stereocenters. The van der Waals surface area contributed by atoms with Gasteiger partial charge >= 0.3 is 6.18 Å². The van der Waals surface area contributed by atoms with Gasteiger partial charge in [0.15, 0.2) is 5.65 Å². The van der Waals surface area contributed by atoms with Crippen LogP contribution in [0.15, 0.2) is 30.6 Å². The molecule has 5 nitrogen and oxygen atoms in total. The number of anilines is 1. The van der Waals surface area contributed by atoms with E-state index >= 15 is 0 Å².